The van der Waals surface area contributed by atoms with Crippen molar-refractivity contribution in [3.8, 4) is 5.75 Å². The molecule has 5 nitrogen and oxygen atoms in total. The molecule has 1 aromatic heterocycles. The van der Waals surface area contributed by atoms with Gasteiger partial charge in [0.25, 0.3) is 5.84 Å². The van der Waals surface area contributed by atoms with Crippen LogP contribution in [0.3, 0.4) is 0 Å². The van der Waals surface area contributed by atoms with Crippen molar-refractivity contribution >= 4 is 40.1 Å². The zero-order chi connectivity index (χ0) is 30.4. The highest BCUT2D eigenvalue weighted by molar-refractivity contribution is 7.78. The van der Waals surface area contributed by atoms with E-state index in [-0.39, 0.29) is 11.8 Å². The molecule has 2 unspecified atom stereocenters. The van der Waals surface area contributed by atoms with E-state index >= 15 is 0 Å². The quantitative estimate of drug-likeness (QED) is 0.108. The first-order chi connectivity index (χ1) is 19.3. The van der Waals surface area contributed by atoms with Crippen molar-refractivity contribution in [2.75, 3.05) is 32.6 Å². The van der Waals surface area contributed by atoms with Crippen molar-refractivity contribution in [1.29, 1.82) is 0 Å². The molecule has 0 radical (unpaired) electrons. The zero-order valence-electron chi connectivity index (χ0n) is 22.7. The molecule has 2 aromatic carbocycles. The van der Waals surface area contributed by atoms with Crippen LogP contribution in [0, 0.1) is 11.8 Å². The van der Waals surface area contributed by atoms with Crippen LogP contribution in [0.2, 0.25) is 0 Å². The summed E-state index contributed by atoms with van der Waals surface area (Å²) in [5.74, 6) is 2.96. The molecular weight excluding hydrogens is 566 g/mol. The van der Waals surface area contributed by atoms with Crippen LogP contribution in [0.15, 0.2) is 61.3 Å². The first kappa shape index (κ1) is 31.9. The Morgan fingerprint density at radius 2 is 1.73 bits per heavy atom. The molecule has 1 fully saturated rings. The van der Waals surface area contributed by atoms with E-state index in [9.17, 15) is 26.3 Å². The van der Waals surface area contributed by atoms with Gasteiger partial charge in [0.15, 0.2) is 5.49 Å². The zero-order valence-corrected chi connectivity index (χ0v) is 23.6. The average molecular weight is 598 g/mol. The van der Waals surface area contributed by atoms with Gasteiger partial charge in [-0.2, -0.15) is 26.3 Å². The number of pyridine rings is 1. The lowest BCUT2D eigenvalue weighted by molar-refractivity contribution is -0.548. The molecule has 2 atom stereocenters. The fourth-order valence-corrected chi connectivity index (χ4v) is 4.67. The van der Waals surface area contributed by atoms with Crippen LogP contribution in [0.1, 0.15) is 30.0 Å². The number of anilines is 1. The number of alkyl halides is 6. The highest BCUT2D eigenvalue weighted by Crippen LogP contribution is 2.37. The van der Waals surface area contributed by atoms with Crippen LogP contribution in [-0.2, 0) is 12.4 Å². The van der Waals surface area contributed by atoms with Crippen LogP contribution in [-0.4, -0.2) is 48.1 Å². The summed E-state index contributed by atoms with van der Waals surface area (Å²) in [4.78, 5) is 4.48. The molecule has 220 valence electrons. The van der Waals surface area contributed by atoms with E-state index in [1.54, 1.807) is 12.6 Å². The van der Waals surface area contributed by atoms with E-state index in [0.29, 0.717) is 24.0 Å². The lowest BCUT2D eigenvalue weighted by atomic mass is 9.87. The van der Waals surface area contributed by atoms with Crippen LogP contribution in [0.4, 0.5) is 32.0 Å². The van der Waals surface area contributed by atoms with Crippen LogP contribution >= 0.6 is 12.2 Å². The number of ether oxygens (including phenoxy) is 1. The van der Waals surface area contributed by atoms with E-state index in [0.717, 1.165) is 47.6 Å². The minimum absolute atomic E-state index is 0.0842. The second-order valence-corrected chi connectivity index (χ2v) is 9.74. The number of nitrogens with one attached hydrogen (secondary N) is 2. The molecule has 2 N–H and O–H groups in total. The van der Waals surface area contributed by atoms with Gasteiger partial charge in [-0.3, -0.25) is 9.56 Å². The Balaban J connectivity index is 0.000000250. The lowest BCUT2D eigenvalue weighted by Gasteiger charge is -2.28. The molecule has 0 aliphatic carbocycles. The van der Waals surface area contributed by atoms with Gasteiger partial charge >= 0.3 is 12.4 Å². The number of rotatable bonds is 5. The van der Waals surface area contributed by atoms with Crippen molar-refractivity contribution in [1.82, 2.24) is 10.3 Å². The maximum atomic E-state index is 12.3. The summed E-state index contributed by atoms with van der Waals surface area (Å²) in [6.45, 7) is 8.23. The van der Waals surface area contributed by atoms with Gasteiger partial charge in [-0.1, -0.05) is 13.0 Å². The molecule has 0 bridgehead atoms. The Labute approximate surface area is 239 Å². The second-order valence-electron chi connectivity index (χ2n) is 9.51. The predicted octanol–water partition coefficient (Wildman–Crippen LogP) is 7.16. The molecule has 0 saturated carbocycles. The molecule has 1 aliphatic heterocycles. The highest BCUT2D eigenvalue weighted by Gasteiger charge is 2.36. The topological polar surface area (TPSA) is 49.2 Å². The van der Waals surface area contributed by atoms with Gasteiger partial charge < -0.3 is 10.1 Å². The first-order valence-corrected chi connectivity index (χ1v) is 13.1. The molecule has 1 aliphatic rings. The number of methoxy groups -OCH3 is 1. The Morgan fingerprint density at radius 3 is 2.27 bits per heavy atom. The van der Waals surface area contributed by atoms with Crippen LogP contribution in [0.5, 0.6) is 5.75 Å². The SMILES string of the molecule is C=CC1C[N+](=C(NC=S)c2ccnc3ccc(OC)cc23)CCC1C.CNc1cc(C(F)(F)F)cc(C(F)(F)F)c1. The Morgan fingerprint density at radius 1 is 1.07 bits per heavy atom. The number of amidine groups is 1. The maximum absolute atomic E-state index is 12.3. The number of benzene rings is 2. The molecule has 12 heteroatoms. The van der Waals surface area contributed by atoms with Gasteiger partial charge in [-0.25, -0.2) is 5.32 Å². The summed E-state index contributed by atoms with van der Waals surface area (Å²) in [5, 5.41) is 6.59. The van der Waals surface area contributed by atoms with Gasteiger partial charge in [0.05, 0.1) is 42.4 Å². The first-order valence-electron chi connectivity index (χ1n) is 12.7. The molecule has 4 rings (SSSR count). The number of aromatic nitrogens is 1. The summed E-state index contributed by atoms with van der Waals surface area (Å²) in [7, 11) is 2.92. The van der Waals surface area contributed by atoms with E-state index in [1.165, 1.54) is 7.05 Å². The standard InChI is InChI=1S/C20H23N3OS.C9H7F6N/c1-4-15-12-23(10-8-14(15)2)20(22-13-25)17-7-9-21-19-6-5-16(24-3)11-18(17)19;1-16-7-3-5(8(10,11)12)2-6(4-7)9(13,14)15/h4-7,9,11,13-15H,1,8,10,12H2,2-3H3;2-4,16H,1H3/p+1. The fourth-order valence-electron chi connectivity index (χ4n) is 4.56. The van der Waals surface area contributed by atoms with Gasteiger partial charge in [-0.05, 0) is 67.0 Å². The summed E-state index contributed by atoms with van der Waals surface area (Å²) < 4.78 is 81.4. The minimum Gasteiger partial charge on any atom is -0.497 e. The lowest BCUT2D eigenvalue weighted by Crippen LogP contribution is -2.41. The van der Waals surface area contributed by atoms with Gasteiger partial charge in [0.1, 0.15) is 5.75 Å². The van der Waals surface area contributed by atoms with E-state index in [4.69, 9.17) is 17.0 Å². The number of fused-ring (bicyclic) bond motifs is 1. The normalized spacial score (nSPS) is 18.6. The van der Waals surface area contributed by atoms with Crippen molar-refractivity contribution in [3.63, 3.8) is 0 Å². The smallest absolute Gasteiger partial charge is 0.416 e. The monoisotopic (exact) mass is 597 g/mol. The predicted molar refractivity (Wildman–Crippen MR) is 153 cm³/mol. The van der Waals surface area contributed by atoms with Crippen molar-refractivity contribution in [2.24, 2.45) is 11.8 Å². The Bertz CT molecular complexity index is 1390. The summed E-state index contributed by atoms with van der Waals surface area (Å²) in [5.41, 5.74) is 0.707. The highest BCUT2D eigenvalue weighted by atomic mass is 32.1. The number of piperidine rings is 1. The number of nitrogens with zero attached hydrogens (tertiary/aromatic N) is 2. The van der Waals surface area contributed by atoms with E-state index in [2.05, 4.69) is 39.8 Å². The number of hydrogen-bond donors (Lipinski definition) is 2. The Kier molecular flexibility index (Phi) is 10.4. The van der Waals surface area contributed by atoms with Crippen molar-refractivity contribution in [2.45, 2.75) is 25.7 Å². The maximum Gasteiger partial charge on any atom is 0.416 e. The van der Waals surface area contributed by atoms with Crippen molar-refractivity contribution in [3.05, 3.63) is 78.0 Å². The fraction of sp³-hybridized carbons (Fsp3) is 0.345. The van der Waals surface area contributed by atoms with Crippen LogP contribution in [0.25, 0.3) is 10.9 Å². The van der Waals surface area contributed by atoms with E-state index in [1.807, 2.05) is 30.5 Å². The molecule has 0 amide bonds. The largest absolute Gasteiger partial charge is 0.497 e. The summed E-state index contributed by atoms with van der Waals surface area (Å²) in [6, 6.07) is 9.30. The van der Waals surface area contributed by atoms with Crippen LogP contribution < -0.4 is 15.4 Å². The molecule has 1 saturated heterocycles. The minimum atomic E-state index is -4.80. The molecule has 0 spiro atoms. The van der Waals surface area contributed by atoms with Crippen molar-refractivity contribution < 1.29 is 35.7 Å². The third-order valence-electron chi connectivity index (χ3n) is 6.91. The summed E-state index contributed by atoms with van der Waals surface area (Å²) in [6.07, 6.45) is -4.56. The third-order valence-corrected chi connectivity index (χ3v) is 7.03. The number of thiocarbonyl (C=S) groups is 1. The van der Waals surface area contributed by atoms with Gasteiger partial charge in [0.2, 0.25) is 0 Å². The molecule has 41 heavy (non-hydrogen) atoms. The Hall–Kier alpha value is -3.67. The number of halogens is 6. The molecular formula is C29H31F6N4OS+. The van der Waals surface area contributed by atoms with E-state index < -0.39 is 23.5 Å². The van der Waals surface area contributed by atoms with Gasteiger partial charge in [-0.15, -0.1) is 6.58 Å². The van der Waals surface area contributed by atoms with Gasteiger partial charge in [0, 0.05) is 30.2 Å². The number of hydrogen-bond acceptors (Lipinski definition) is 4. The molecule has 2 heterocycles. The third kappa shape index (κ3) is 7.96. The second kappa shape index (κ2) is 13.3. The summed E-state index contributed by atoms with van der Waals surface area (Å²) >= 11 is 5.11. The average Bonchev–Trinajstić information content (AvgIpc) is 2.95. The molecule has 3 aromatic rings.